The maximum atomic E-state index is 13.2. The highest BCUT2D eigenvalue weighted by atomic mass is 16.2. The number of aromatic nitrogens is 4. The zero-order valence-corrected chi connectivity index (χ0v) is 17.7. The minimum atomic E-state index is 0.0849. The summed E-state index contributed by atoms with van der Waals surface area (Å²) in [5.41, 5.74) is 0. The molecule has 0 aromatic carbocycles. The molecule has 1 atom stereocenters. The number of piperidine rings is 2. The van der Waals surface area contributed by atoms with Gasteiger partial charge < -0.3 is 14.4 Å². The van der Waals surface area contributed by atoms with Crippen LogP contribution in [-0.2, 0) is 17.8 Å². The summed E-state index contributed by atoms with van der Waals surface area (Å²) >= 11 is 0. The molecule has 160 valence electrons. The highest BCUT2D eigenvalue weighted by Gasteiger charge is 2.33. The summed E-state index contributed by atoms with van der Waals surface area (Å²) in [5, 5.41) is 9.04. The number of pyridine rings is 1. The van der Waals surface area contributed by atoms with Gasteiger partial charge in [-0.15, -0.1) is 10.2 Å². The quantitative estimate of drug-likeness (QED) is 0.781. The molecule has 0 bridgehead atoms. The maximum Gasteiger partial charge on any atom is 0.227 e. The first-order valence-electron chi connectivity index (χ1n) is 11.7. The molecule has 7 heteroatoms. The van der Waals surface area contributed by atoms with Crippen LogP contribution in [0.1, 0.15) is 62.5 Å². The summed E-state index contributed by atoms with van der Waals surface area (Å²) in [6, 6.07) is 6.00. The minimum Gasteiger partial charge on any atom is -0.356 e. The zero-order chi connectivity index (χ0) is 20.3. The van der Waals surface area contributed by atoms with Gasteiger partial charge in [0.15, 0.2) is 0 Å². The Bertz CT molecular complexity index is 858. The lowest BCUT2D eigenvalue weighted by molar-refractivity contribution is -0.136. The van der Waals surface area contributed by atoms with Gasteiger partial charge in [0, 0.05) is 51.3 Å². The number of likely N-dealkylation sites (tertiary alicyclic amines) is 1. The molecule has 0 spiro atoms. The molecule has 5 heterocycles. The Morgan fingerprint density at radius 1 is 0.933 bits per heavy atom. The third kappa shape index (κ3) is 3.94. The lowest BCUT2D eigenvalue weighted by atomic mass is 9.92. The molecular weight excluding hydrogens is 376 g/mol. The van der Waals surface area contributed by atoms with Crippen LogP contribution in [0.3, 0.4) is 0 Å². The molecule has 2 saturated heterocycles. The van der Waals surface area contributed by atoms with Gasteiger partial charge in [-0.3, -0.25) is 4.79 Å². The fourth-order valence-electron chi connectivity index (χ4n) is 5.35. The Morgan fingerprint density at radius 2 is 1.83 bits per heavy atom. The molecule has 5 rings (SSSR count). The second-order valence-electron chi connectivity index (χ2n) is 9.01. The summed E-state index contributed by atoms with van der Waals surface area (Å²) in [6.07, 6.45) is 10.7. The van der Waals surface area contributed by atoms with Gasteiger partial charge in [-0.1, -0.05) is 12.5 Å². The van der Waals surface area contributed by atoms with Crippen molar-refractivity contribution in [1.29, 1.82) is 0 Å². The molecule has 1 unspecified atom stereocenters. The third-order valence-corrected chi connectivity index (χ3v) is 7.05. The van der Waals surface area contributed by atoms with Crippen molar-refractivity contribution in [3.05, 3.63) is 36.0 Å². The van der Waals surface area contributed by atoms with Crippen molar-refractivity contribution in [2.75, 3.05) is 31.1 Å². The molecule has 0 saturated carbocycles. The smallest absolute Gasteiger partial charge is 0.227 e. The van der Waals surface area contributed by atoms with Gasteiger partial charge in [0.2, 0.25) is 5.91 Å². The van der Waals surface area contributed by atoms with Gasteiger partial charge in [0.25, 0.3) is 0 Å². The van der Waals surface area contributed by atoms with E-state index >= 15 is 0 Å². The number of aryl methyl sites for hydroxylation is 1. The molecule has 2 aromatic heterocycles. The number of rotatable bonds is 3. The Morgan fingerprint density at radius 3 is 2.67 bits per heavy atom. The van der Waals surface area contributed by atoms with Crippen LogP contribution in [0.25, 0.3) is 0 Å². The molecule has 0 radical (unpaired) electrons. The first-order valence-corrected chi connectivity index (χ1v) is 11.7. The molecule has 0 N–H and O–H groups in total. The van der Waals surface area contributed by atoms with Crippen LogP contribution < -0.4 is 4.90 Å². The van der Waals surface area contributed by atoms with Crippen LogP contribution in [0.5, 0.6) is 0 Å². The molecule has 2 fully saturated rings. The number of carbonyl (C=O) groups excluding carboxylic acids is 1. The van der Waals surface area contributed by atoms with E-state index in [2.05, 4.69) is 29.5 Å². The molecular formula is C23H32N6O. The van der Waals surface area contributed by atoms with Gasteiger partial charge in [-0.25, -0.2) is 4.98 Å². The van der Waals surface area contributed by atoms with Crippen LogP contribution in [-0.4, -0.2) is 56.7 Å². The minimum absolute atomic E-state index is 0.0849. The number of hydrogen-bond acceptors (Lipinski definition) is 5. The van der Waals surface area contributed by atoms with Gasteiger partial charge >= 0.3 is 0 Å². The van der Waals surface area contributed by atoms with E-state index < -0.39 is 0 Å². The highest BCUT2D eigenvalue weighted by molar-refractivity contribution is 5.80. The van der Waals surface area contributed by atoms with Gasteiger partial charge in [-0.2, -0.15) is 0 Å². The molecule has 7 nitrogen and oxygen atoms in total. The van der Waals surface area contributed by atoms with Gasteiger partial charge in [0.05, 0.1) is 5.92 Å². The van der Waals surface area contributed by atoms with E-state index in [0.29, 0.717) is 11.8 Å². The van der Waals surface area contributed by atoms with Crippen LogP contribution in [0.4, 0.5) is 5.82 Å². The van der Waals surface area contributed by atoms with Crippen molar-refractivity contribution in [2.45, 2.75) is 63.8 Å². The maximum absolute atomic E-state index is 13.2. The second kappa shape index (κ2) is 8.74. The number of hydrogen-bond donors (Lipinski definition) is 0. The van der Waals surface area contributed by atoms with Crippen LogP contribution >= 0.6 is 0 Å². The first kappa shape index (κ1) is 19.5. The van der Waals surface area contributed by atoms with E-state index in [-0.39, 0.29) is 5.92 Å². The monoisotopic (exact) mass is 408 g/mol. The topological polar surface area (TPSA) is 67.2 Å². The van der Waals surface area contributed by atoms with E-state index in [0.717, 1.165) is 82.3 Å². The predicted octanol–water partition coefficient (Wildman–Crippen LogP) is 3.02. The van der Waals surface area contributed by atoms with E-state index in [1.54, 1.807) is 0 Å². The molecule has 3 aliphatic rings. The summed E-state index contributed by atoms with van der Waals surface area (Å²) in [6.45, 7) is 4.51. The van der Waals surface area contributed by atoms with Gasteiger partial charge in [0.1, 0.15) is 17.5 Å². The SMILES string of the molecule is O=C(C1CCCN(c2ccccn2)C1)N1CCC(c2nnc3n2CCCCC3)CC1. The normalized spacial score (nSPS) is 23.1. The van der Waals surface area contributed by atoms with Crippen LogP contribution in [0, 0.1) is 5.92 Å². The van der Waals surface area contributed by atoms with Crippen LogP contribution in [0.15, 0.2) is 24.4 Å². The molecule has 2 aromatic rings. The Hall–Kier alpha value is -2.44. The van der Waals surface area contributed by atoms with Crippen molar-refractivity contribution >= 4 is 11.7 Å². The van der Waals surface area contributed by atoms with Crippen molar-refractivity contribution < 1.29 is 4.79 Å². The number of amides is 1. The second-order valence-corrected chi connectivity index (χ2v) is 9.01. The molecule has 1 amide bonds. The summed E-state index contributed by atoms with van der Waals surface area (Å²) in [7, 11) is 0. The Kier molecular flexibility index (Phi) is 5.69. The largest absolute Gasteiger partial charge is 0.356 e. The number of fused-ring (bicyclic) bond motifs is 1. The average molecular weight is 409 g/mol. The summed E-state index contributed by atoms with van der Waals surface area (Å²) in [4.78, 5) is 22.1. The number of carbonyl (C=O) groups is 1. The summed E-state index contributed by atoms with van der Waals surface area (Å²) in [5.74, 6) is 4.16. The number of nitrogens with zero attached hydrogens (tertiary/aromatic N) is 6. The van der Waals surface area contributed by atoms with Crippen molar-refractivity contribution in [3.63, 3.8) is 0 Å². The van der Waals surface area contributed by atoms with Gasteiger partial charge in [-0.05, 0) is 50.7 Å². The van der Waals surface area contributed by atoms with E-state index in [1.165, 1.54) is 19.3 Å². The Balaban J connectivity index is 1.20. The molecule has 0 aliphatic carbocycles. The number of anilines is 1. The molecule has 30 heavy (non-hydrogen) atoms. The van der Waals surface area contributed by atoms with E-state index in [9.17, 15) is 4.79 Å². The summed E-state index contributed by atoms with van der Waals surface area (Å²) < 4.78 is 2.38. The molecule has 3 aliphatic heterocycles. The highest BCUT2D eigenvalue weighted by Crippen LogP contribution is 2.31. The predicted molar refractivity (Wildman–Crippen MR) is 115 cm³/mol. The fraction of sp³-hybridized carbons (Fsp3) is 0.652. The zero-order valence-electron chi connectivity index (χ0n) is 17.7. The van der Waals surface area contributed by atoms with E-state index in [1.807, 2.05) is 24.4 Å². The lowest BCUT2D eigenvalue weighted by Gasteiger charge is -2.38. The van der Waals surface area contributed by atoms with Crippen LogP contribution in [0.2, 0.25) is 0 Å². The van der Waals surface area contributed by atoms with Crippen molar-refractivity contribution in [3.8, 4) is 0 Å². The average Bonchev–Trinajstić information content (AvgIpc) is 3.07. The lowest BCUT2D eigenvalue weighted by Crippen LogP contribution is -2.47. The Labute approximate surface area is 178 Å². The van der Waals surface area contributed by atoms with Crippen molar-refractivity contribution in [2.24, 2.45) is 5.92 Å². The standard InChI is InChI=1S/C23H32N6O/c30-23(19-7-6-13-28(17-19)20-8-3-4-12-24-20)27-15-10-18(11-16-27)22-26-25-21-9-2-1-5-14-29(21)22/h3-4,8,12,18-19H,1-2,5-7,9-11,13-17H2. The first-order chi connectivity index (χ1) is 14.8. The third-order valence-electron chi connectivity index (χ3n) is 7.05. The fourth-order valence-corrected chi connectivity index (χ4v) is 5.35. The van der Waals surface area contributed by atoms with E-state index in [4.69, 9.17) is 0 Å². The van der Waals surface area contributed by atoms with Crippen molar-refractivity contribution in [1.82, 2.24) is 24.6 Å².